The van der Waals surface area contributed by atoms with E-state index in [0.717, 1.165) is 0 Å². The van der Waals surface area contributed by atoms with Gasteiger partial charge in [-0.25, -0.2) is 0 Å². The fraction of sp³-hybridized carbons (Fsp3) is 0.800. The Hall–Kier alpha value is -0.940. The summed E-state index contributed by atoms with van der Waals surface area (Å²) in [5.74, 6) is -0.258. The molecule has 1 N–H and O–H groups in total. The molecule has 1 saturated heterocycles. The van der Waals surface area contributed by atoms with Gasteiger partial charge in [0.05, 0.1) is 12.7 Å². The molecule has 0 saturated carbocycles. The van der Waals surface area contributed by atoms with Crippen molar-refractivity contribution >= 4 is 11.8 Å². The van der Waals surface area contributed by atoms with Crippen molar-refractivity contribution in [2.75, 3.05) is 20.3 Å². The summed E-state index contributed by atoms with van der Waals surface area (Å²) in [6.45, 7) is 0.526. The number of carbonyl (C=O) groups is 2. The van der Waals surface area contributed by atoms with E-state index in [9.17, 15) is 14.7 Å². The zero-order valence-electron chi connectivity index (χ0n) is 8.94. The van der Waals surface area contributed by atoms with Gasteiger partial charge in [-0.15, -0.1) is 0 Å². The summed E-state index contributed by atoms with van der Waals surface area (Å²) in [5.41, 5.74) is 0. The highest BCUT2D eigenvalue weighted by Crippen LogP contribution is 2.12. The SMILES string of the molecule is COCC(O)CCN1C(=O)CCCC1=O. The number of imide groups is 1. The van der Waals surface area contributed by atoms with E-state index < -0.39 is 6.10 Å². The fourth-order valence-corrected chi connectivity index (χ4v) is 1.60. The molecule has 1 atom stereocenters. The summed E-state index contributed by atoms with van der Waals surface area (Å²) in [6.07, 6.45) is 1.29. The monoisotopic (exact) mass is 215 g/mol. The highest BCUT2D eigenvalue weighted by molar-refractivity contribution is 5.97. The molecule has 1 aliphatic rings. The van der Waals surface area contributed by atoms with Crippen LogP contribution < -0.4 is 0 Å². The summed E-state index contributed by atoms with van der Waals surface area (Å²) in [7, 11) is 1.50. The lowest BCUT2D eigenvalue weighted by Gasteiger charge is -2.25. The number of aliphatic hydroxyl groups excluding tert-OH is 1. The number of rotatable bonds is 5. The van der Waals surface area contributed by atoms with E-state index in [4.69, 9.17) is 4.74 Å². The zero-order valence-corrected chi connectivity index (χ0v) is 8.94. The zero-order chi connectivity index (χ0) is 11.3. The van der Waals surface area contributed by atoms with Crippen LogP contribution in [0.25, 0.3) is 0 Å². The topological polar surface area (TPSA) is 66.8 Å². The highest BCUT2D eigenvalue weighted by Gasteiger charge is 2.25. The van der Waals surface area contributed by atoms with E-state index in [-0.39, 0.29) is 18.4 Å². The smallest absolute Gasteiger partial charge is 0.229 e. The maximum Gasteiger partial charge on any atom is 0.229 e. The Morgan fingerprint density at radius 2 is 2.00 bits per heavy atom. The van der Waals surface area contributed by atoms with Crippen LogP contribution in [0.15, 0.2) is 0 Å². The van der Waals surface area contributed by atoms with Gasteiger partial charge in [-0.1, -0.05) is 0 Å². The van der Waals surface area contributed by atoms with Gasteiger partial charge in [0, 0.05) is 26.5 Å². The first-order chi connectivity index (χ1) is 7.15. The van der Waals surface area contributed by atoms with E-state index in [0.29, 0.717) is 32.2 Å². The first-order valence-corrected chi connectivity index (χ1v) is 5.15. The number of aliphatic hydroxyl groups is 1. The van der Waals surface area contributed by atoms with Crippen LogP contribution in [0.2, 0.25) is 0 Å². The van der Waals surface area contributed by atoms with Gasteiger partial charge >= 0.3 is 0 Å². The van der Waals surface area contributed by atoms with E-state index in [1.165, 1.54) is 12.0 Å². The third-order valence-corrected chi connectivity index (χ3v) is 2.43. The van der Waals surface area contributed by atoms with Gasteiger partial charge in [0.1, 0.15) is 0 Å². The van der Waals surface area contributed by atoms with Gasteiger partial charge in [0.25, 0.3) is 0 Å². The van der Waals surface area contributed by atoms with Gasteiger partial charge in [0.15, 0.2) is 0 Å². The average Bonchev–Trinajstić information content (AvgIpc) is 2.17. The molecular formula is C10H17NO4. The van der Waals surface area contributed by atoms with Crippen molar-refractivity contribution in [3.8, 4) is 0 Å². The summed E-state index contributed by atoms with van der Waals surface area (Å²) in [5, 5.41) is 9.38. The van der Waals surface area contributed by atoms with Crippen molar-refractivity contribution in [1.82, 2.24) is 4.90 Å². The standard InChI is InChI=1S/C10H17NO4/c1-15-7-8(12)5-6-11-9(13)3-2-4-10(11)14/h8,12H,2-7H2,1H3. The number of amides is 2. The van der Waals surface area contributed by atoms with E-state index in [1.54, 1.807) is 0 Å². The molecule has 15 heavy (non-hydrogen) atoms. The molecule has 1 fully saturated rings. The van der Waals surface area contributed by atoms with Crippen LogP contribution in [0.1, 0.15) is 25.7 Å². The normalized spacial score (nSPS) is 19.5. The molecule has 1 heterocycles. The molecule has 0 radical (unpaired) electrons. The second-order valence-corrected chi connectivity index (χ2v) is 3.69. The molecule has 0 bridgehead atoms. The van der Waals surface area contributed by atoms with Crippen molar-refractivity contribution in [3.63, 3.8) is 0 Å². The Labute approximate surface area is 89.0 Å². The third-order valence-electron chi connectivity index (χ3n) is 2.43. The van der Waals surface area contributed by atoms with Crippen molar-refractivity contribution in [2.24, 2.45) is 0 Å². The van der Waals surface area contributed by atoms with Crippen molar-refractivity contribution in [3.05, 3.63) is 0 Å². The lowest BCUT2D eigenvalue weighted by atomic mass is 10.1. The van der Waals surface area contributed by atoms with Crippen LogP contribution >= 0.6 is 0 Å². The third kappa shape index (κ3) is 3.60. The molecule has 5 heteroatoms. The summed E-state index contributed by atoms with van der Waals surface area (Å²) >= 11 is 0. The number of ether oxygens (including phenoxy) is 1. The maximum atomic E-state index is 11.4. The minimum absolute atomic E-state index is 0.129. The van der Waals surface area contributed by atoms with E-state index >= 15 is 0 Å². The molecule has 0 aromatic heterocycles. The molecule has 5 nitrogen and oxygen atoms in total. The molecule has 86 valence electrons. The van der Waals surface area contributed by atoms with Gasteiger partial charge in [-0.2, -0.15) is 0 Å². The average molecular weight is 215 g/mol. The molecule has 2 amide bonds. The molecule has 0 spiro atoms. The Kier molecular flexibility index (Phi) is 4.71. The molecular weight excluding hydrogens is 198 g/mol. The van der Waals surface area contributed by atoms with Crippen LogP contribution in [-0.2, 0) is 14.3 Å². The van der Waals surface area contributed by atoms with Gasteiger partial charge in [-0.3, -0.25) is 14.5 Å². The number of likely N-dealkylation sites (tertiary alicyclic amines) is 1. The molecule has 1 rings (SSSR count). The summed E-state index contributed by atoms with van der Waals surface area (Å²) in [6, 6.07) is 0. The van der Waals surface area contributed by atoms with Crippen LogP contribution in [0.4, 0.5) is 0 Å². The second-order valence-electron chi connectivity index (χ2n) is 3.69. The second kappa shape index (κ2) is 5.82. The minimum atomic E-state index is -0.613. The Morgan fingerprint density at radius 1 is 1.40 bits per heavy atom. The highest BCUT2D eigenvalue weighted by atomic mass is 16.5. The van der Waals surface area contributed by atoms with Gasteiger partial charge < -0.3 is 9.84 Å². The Balaban J connectivity index is 2.35. The van der Waals surface area contributed by atoms with Crippen LogP contribution in [0, 0.1) is 0 Å². The Morgan fingerprint density at radius 3 is 2.53 bits per heavy atom. The first kappa shape index (κ1) is 12.1. The number of carbonyl (C=O) groups excluding carboxylic acids is 2. The number of hydrogen-bond acceptors (Lipinski definition) is 4. The summed E-state index contributed by atoms with van der Waals surface area (Å²) < 4.78 is 4.76. The van der Waals surface area contributed by atoms with Crippen LogP contribution in [0.5, 0.6) is 0 Å². The predicted octanol–water partition coefficient (Wildman–Crippen LogP) is -0.0771. The predicted molar refractivity (Wildman–Crippen MR) is 53.1 cm³/mol. The molecule has 0 aliphatic carbocycles. The van der Waals surface area contributed by atoms with Crippen molar-refractivity contribution in [2.45, 2.75) is 31.8 Å². The van der Waals surface area contributed by atoms with Crippen molar-refractivity contribution < 1.29 is 19.4 Å². The lowest BCUT2D eigenvalue weighted by molar-refractivity contribution is -0.148. The molecule has 0 aromatic rings. The maximum absolute atomic E-state index is 11.4. The number of piperidine rings is 1. The van der Waals surface area contributed by atoms with Crippen LogP contribution in [-0.4, -0.2) is 48.2 Å². The molecule has 1 aliphatic heterocycles. The number of nitrogens with zero attached hydrogens (tertiary/aromatic N) is 1. The number of hydrogen-bond donors (Lipinski definition) is 1. The molecule has 0 aromatic carbocycles. The van der Waals surface area contributed by atoms with E-state index in [2.05, 4.69) is 0 Å². The van der Waals surface area contributed by atoms with Crippen molar-refractivity contribution in [1.29, 1.82) is 0 Å². The van der Waals surface area contributed by atoms with Crippen LogP contribution in [0.3, 0.4) is 0 Å². The quantitative estimate of drug-likeness (QED) is 0.651. The molecule has 1 unspecified atom stereocenters. The lowest BCUT2D eigenvalue weighted by Crippen LogP contribution is -2.41. The number of methoxy groups -OCH3 is 1. The van der Waals surface area contributed by atoms with Gasteiger partial charge in [-0.05, 0) is 12.8 Å². The summed E-state index contributed by atoms with van der Waals surface area (Å²) in [4.78, 5) is 24.0. The van der Waals surface area contributed by atoms with Gasteiger partial charge in [0.2, 0.25) is 11.8 Å². The fourth-order valence-electron chi connectivity index (χ4n) is 1.60. The Bertz CT molecular complexity index is 226. The largest absolute Gasteiger partial charge is 0.391 e. The minimum Gasteiger partial charge on any atom is -0.391 e. The first-order valence-electron chi connectivity index (χ1n) is 5.15. The van der Waals surface area contributed by atoms with E-state index in [1.807, 2.05) is 0 Å².